The molecule has 1 saturated carbocycles. The Bertz CT molecular complexity index is 715. The van der Waals surface area contributed by atoms with E-state index in [1.54, 1.807) is 0 Å². The third kappa shape index (κ3) is 3.05. The second-order valence-electron chi connectivity index (χ2n) is 5.28. The summed E-state index contributed by atoms with van der Waals surface area (Å²) >= 11 is 0. The number of hydrogen-bond acceptors (Lipinski definition) is 4. The van der Waals surface area contributed by atoms with Gasteiger partial charge in [-0.3, -0.25) is 4.79 Å². The molecule has 1 aromatic carbocycles. The van der Waals surface area contributed by atoms with Crippen LogP contribution in [0.3, 0.4) is 0 Å². The lowest BCUT2D eigenvalue weighted by atomic mass is 10.2. The highest BCUT2D eigenvalue weighted by molar-refractivity contribution is 7.89. The molecular weight excluding hydrogens is 318 g/mol. The monoisotopic (exact) mass is 334 g/mol. The fourth-order valence-electron chi connectivity index (χ4n) is 1.82. The van der Waals surface area contributed by atoms with Crippen molar-refractivity contribution in [1.29, 1.82) is 0 Å². The zero-order valence-corrected chi connectivity index (χ0v) is 12.9. The Hall–Kier alpha value is -1.74. The summed E-state index contributed by atoms with van der Waals surface area (Å²) in [6, 6.07) is 0.470. The highest BCUT2D eigenvalue weighted by atomic mass is 32.2. The number of carbonyl (C=O) groups is 1. The summed E-state index contributed by atoms with van der Waals surface area (Å²) in [6.07, 6.45) is 1.74. The molecule has 0 saturated heterocycles. The summed E-state index contributed by atoms with van der Waals surface area (Å²) in [5, 5.41) is 0. The van der Waals surface area contributed by atoms with Crippen LogP contribution in [0.5, 0.6) is 5.75 Å². The van der Waals surface area contributed by atoms with Crippen LogP contribution in [0, 0.1) is 17.6 Å². The van der Waals surface area contributed by atoms with E-state index in [0.717, 1.165) is 17.1 Å². The molecule has 0 atom stereocenters. The Morgan fingerprint density at radius 1 is 1.41 bits per heavy atom. The molecule has 1 aliphatic rings. The topological polar surface area (TPSA) is 89.7 Å². The molecule has 0 heterocycles. The zero-order chi connectivity index (χ0) is 16.7. The third-order valence-electron chi connectivity index (χ3n) is 3.30. The van der Waals surface area contributed by atoms with Crippen molar-refractivity contribution in [3.05, 3.63) is 23.3 Å². The maximum absolute atomic E-state index is 14.0. The predicted octanol–water partition coefficient (Wildman–Crippen LogP) is 1.10. The van der Waals surface area contributed by atoms with Crippen molar-refractivity contribution >= 4 is 15.9 Å². The van der Waals surface area contributed by atoms with E-state index in [1.165, 1.54) is 14.1 Å². The molecule has 22 heavy (non-hydrogen) atoms. The maximum Gasteiger partial charge on any atom is 0.250 e. The van der Waals surface area contributed by atoms with Crippen molar-refractivity contribution in [3.8, 4) is 5.75 Å². The zero-order valence-electron chi connectivity index (χ0n) is 12.1. The lowest BCUT2D eigenvalue weighted by Crippen LogP contribution is -2.27. The van der Waals surface area contributed by atoms with E-state index in [0.29, 0.717) is 6.07 Å². The Labute approximate surface area is 126 Å². The Morgan fingerprint density at radius 2 is 2.00 bits per heavy atom. The number of ether oxygens (including phenoxy) is 1. The van der Waals surface area contributed by atoms with Crippen molar-refractivity contribution in [2.45, 2.75) is 17.7 Å². The molecule has 0 spiro atoms. The van der Waals surface area contributed by atoms with E-state index in [-0.39, 0.29) is 12.5 Å². The van der Waals surface area contributed by atoms with E-state index in [1.807, 2.05) is 0 Å². The summed E-state index contributed by atoms with van der Waals surface area (Å²) in [5.74, 6) is -4.65. The molecule has 0 bridgehead atoms. The SMILES string of the molecule is CN(C)S(=O)(=O)c1c(C(N)=O)cc(F)c(F)c1OCC1CC1. The molecule has 1 aliphatic carbocycles. The highest BCUT2D eigenvalue weighted by Gasteiger charge is 2.34. The molecule has 0 aromatic heterocycles. The molecule has 122 valence electrons. The van der Waals surface area contributed by atoms with E-state index >= 15 is 0 Å². The molecule has 0 aliphatic heterocycles. The van der Waals surface area contributed by atoms with Gasteiger partial charge in [0.2, 0.25) is 21.7 Å². The second-order valence-corrected chi connectivity index (χ2v) is 7.37. The average Bonchev–Trinajstić information content (AvgIpc) is 3.23. The normalized spacial score (nSPS) is 15.1. The number of benzene rings is 1. The quantitative estimate of drug-likeness (QED) is 0.844. The summed E-state index contributed by atoms with van der Waals surface area (Å²) in [5.41, 5.74) is 4.46. The van der Waals surface area contributed by atoms with Gasteiger partial charge in [-0.25, -0.2) is 17.1 Å². The standard InChI is InChI=1S/C13H16F2N2O4S/c1-17(2)22(19,20)12-8(13(16)18)5-9(14)10(15)11(12)21-6-7-3-4-7/h5,7H,3-4,6H2,1-2H3,(H2,16,18). The van der Waals surface area contributed by atoms with Crippen LogP contribution in [0.4, 0.5) is 8.78 Å². The molecule has 0 radical (unpaired) electrons. The summed E-state index contributed by atoms with van der Waals surface area (Å²) < 4.78 is 58.3. The number of carbonyl (C=O) groups excluding carboxylic acids is 1. The first-order chi connectivity index (χ1) is 10.2. The van der Waals surface area contributed by atoms with Gasteiger partial charge in [0.05, 0.1) is 12.2 Å². The number of primary amides is 1. The van der Waals surface area contributed by atoms with Crippen molar-refractivity contribution in [2.75, 3.05) is 20.7 Å². The maximum atomic E-state index is 14.0. The molecule has 9 heteroatoms. The van der Waals surface area contributed by atoms with Gasteiger partial charge >= 0.3 is 0 Å². The minimum absolute atomic E-state index is 0.0501. The van der Waals surface area contributed by atoms with Crippen LogP contribution in [-0.4, -0.2) is 39.3 Å². The first-order valence-electron chi connectivity index (χ1n) is 6.53. The van der Waals surface area contributed by atoms with E-state index in [2.05, 4.69) is 0 Å². The highest BCUT2D eigenvalue weighted by Crippen LogP contribution is 2.36. The number of nitrogens with zero attached hydrogens (tertiary/aromatic N) is 1. The van der Waals surface area contributed by atoms with Crippen molar-refractivity contribution in [2.24, 2.45) is 11.7 Å². The second kappa shape index (κ2) is 5.81. The van der Waals surface area contributed by atoms with Crippen LogP contribution in [0.2, 0.25) is 0 Å². The molecule has 2 rings (SSSR count). The minimum atomic E-state index is -4.25. The van der Waals surface area contributed by atoms with Crippen molar-refractivity contribution in [1.82, 2.24) is 4.31 Å². The fraction of sp³-hybridized carbons (Fsp3) is 0.462. The van der Waals surface area contributed by atoms with Gasteiger partial charge in [-0.05, 0) is 24.8 Å². The number of nitrogens with two attached hydrogens (primary N) is 1. The van der Waals surface area contributed by atoms with E-state index in [9.17, 15) is 22.0 Å². The van der Waals surface area contributed by atoms with Gasteiger partial charge in [0, 0.05) is 14.1 Å². The minimum Gasteiger partial charge on any atom is -0.489 e. The molecule has 6 nitrogen and oxygen atoms in total. The Balaban J connectivity index is 2.68. The van der Waals surface area contributed by atoms with Gasteiger partial charge in [0.15, 0.2) is 11.6 Å². The van der Waals surface area contributed by atoms with Crippen LogP contribution in [0.1, 0.15) is 23.2 Å². The average molecular weight is 334 g/mol. The van der Waals surface area contributed by atoms with Crippen molar-refractivity contribution in [3.63, 3.8) is 0 Å². The Morgan fingerprint density at radius 3 is 2.45 bits per heavy atom. The molecule has 1 aromatic rings. The Kier molecular flexibility index (Phi) is 4.39. The van der Waals surface area contributed by atoms with Crippen LogP contribution in [-0.2, 0) is 10.0 Å². The number of rotatable bonds is 6. The van der Waals surface area contributed by atoms with Gasteiger partial charge in [-0.1, -0.05) is 0 Å². The van der Waals surface area contributed by atoms with Gasteiger partial charge in [-0.15, -0.1) is 0 Å². The first kappa shape index (κ1) is 16.6. The first-order valence-corrected chi connectivity index (χ1v) is 7.97. The molecule has 1 amide bonds. The van der Waals surface area contributed by atoms with Crippen LogP contribution in [0.15, 0.2) is 11.0 Å². The van der Waals surface area contributed by atoms with E-state index < -0.39 is 43.8 Å². The molecule has 0 unspecified atom stereocenters. The summed E-state index contributed by atoms with van der Waals surface area (Å²) in [6.45, 7) is 0.0501. The van der Waals surface area contributed by atoms with Crippen molar-refractivity contribution < 1.29 is 26.7 Å². The lowest BCUT2D eigenvalue weighted by molar-refractivity contribution is 0.0995. The van der Waals surface area contributed by atoms with Gasteiger partial charge in [-0.2, -0.15) is 4.39 Å². The van der Waals surface area contributed by atoms with Crippen LogP contribution in [0.25, 0.3) is 0 Å². The molecular formula is C13H16F2N2O4S. The third-order valence-corrected chi connectivity index (χ3v) is 5.18. The lowest BCUT2D eigenvalue weighted by Gasteiger charge is -2.18. The predicted molar refractivity (Wildman–Crippen MR) is 74.0 cm³/mol. The molecule has 1 fully saturated rings. The number of sulfonamides is 1. The smallest absolute Gasteiger partial charge is 0.250 e. The number of hydrogen-bond donors (Lipinski definition) is 1. The van der Waals surface area contributed by atoms with Gasteiger partial charge in [0.1, 0.15) is 4.90 Å². The van der Waals surface area contributed by atoms with E-state index in [4.69, 9.17) is 10.5 Å². The largest absolute Gasteiger partial charge is 0.489 e. The van der Waals surface area contributed by atoms with Crippen LogP contribution >= 0.6 is 0 Å². The number of halogens is 2. The fourth-order valence-corrected chi connectivity index (χ4v) is 3.01. The number of amides is 1. The molecule has 2 N–H and O–H groups in total. The summed E-state index contributed by atoms with van der Waals surface area (Å²) in [7, 11) is -1.85. The van der Waals surface area contributed by atoms with Gasteiger partial charge in [0.25, 0.3) is 0 Å². The summed E-state index contributed by atoms with van der Waals surface area (Å²) in [4.78, 5) is 10.7. The van der Waals surface area contributed by atoms with Crippen LogP contribution < -0.4 is 10.5 Å². The van der Waals surface area contributed by atoms with Gasteiger partial charge < -0.3 is 10.5 Å².